The highest BCUT2D eigenvalue weighted by Gasteiger charge is 2.23. The van der Waals surface area contributed by atoms with Crippen molar-refractivity contribution in [3.63, 3.8) is 0 Å². The lowest BCUT2D eigenvalue weighted by Gasteiger charge is -2.34. The SMILES string of the molecule is CN1CCC(N(C)Cc2cc3nc(-c4cnc(N)nc4)nc(N4CCOCC4)c3s2)CC1. The molecule has 9 nitrogen and oxygen atoms in total. The number of aromatic nitrogens is 4. The molecule has 2 aliphatic heterocycles. The Labute approximate surface area is 192 Å². The highest BCUT2D eigenvalue weighted by atomic mass is 32.1. The van der Waals surface area contributed by atoms with Crippen LogP contribution in [-0.2, 0) is 11.3 Å². The van der Waals surface area contributed by atoms with Crippen LogP contribution in [0.15, 0.2) is 18.5 Å². The van der Waals surface area contributed by atoms with Gasteiger partial charge in [0.05, 0.1) is 29.0 Å². The first kappa shape index (κ1) is 21.4. The lowest BCUT2D eigenvalue weighted by atomic mass is 10.0. The second-order valence-electron chi connectivity index (χ2n) is 8.68. The van der Waals surface area contributed by atoms with E-state index in [1.165, 1.54) is 30.8 Å². The molecule has 5 heterocycles. The van der Waals surface area contributed by atoms with Gasteiger partial charge in [0.25, 0.3) is 0 Å². The zero-order chi connectivity index (χ0) is 22.1. The van der Waals surface area contributed by atoms with E-state index in [0.717, 1.165) is 41.2 Å². The van der Waals surface area contributed by atoms with E-state index in [9.17, 15) is 0 Å². The maximum absolute atomic E-state index is 5.67. The standard InChI is InChI=1S/C22H30N8OS/c1-28-5-3-16(4-6-28)29(2)14-17-11-18-19(32-17)21(30-7-9-31-10-8-30)27-20(26-18)15-12-24-22(23)25-13-15/h11-13,16H,3-10,14H2,1-2H3,(H2,23,24,25). The summed E-state index contributed by atoms with van der Waals surface area (Å²) in [5.74, 6) is 1.85. The lowest BCUT2D eigenvalue weighted by Crippen LogP contribution is -2.41. The van der Waals surface area contributed by atoms with Crippen molar-refractivity contribution < 1.29 is 4.74 Å². The number of nitrogen functional groups attached to an aromatic ring is 1. The van der Waals surface area contributed by atoms with E-state index in [1.54, 1.807) is 23.7 Å². The molecule has 5 rings (SSSR count). The van der Waals surface area contributed by atoms with Crippen molar-refractivity contribution in [1.29, 1.82) is 0 Å². The largest absolute Gasteiger partial charge is 0.378 e. The second kappa shape index (κ2) is 9.22. The third-order valence-electron chi connectivity index (χ3n) is 6.36. The van der Waals surface area contributed by atoms with Crippen molar-refractivity contribution in [2.24, 2.45) is 0 Å². The Morgan fingerprint density at radius 2 is 1.84 bits per heavy atom. The number of hydrogen-bond acceptors (Lipinski definition) is 10. The number of rotatable bonds is 5. The molecule has 0 aliphatic carbocycles. The summed E-state index contributed by atoms with van der Waals surface area (Å²) in [4.78, 5) is 26.6. The molecule has 2 aliphatic rings. The second-order valence-corrected chi connectivity index (χ2v) is 9.81. The number of likely N-dealkylation sites (tertiary alicyclic amines) is 1. The average molecular weight is 455 g/mol. The van der Waals surface area contributed by atoms with Gasteiger partial charge in [0.15, 0.2) is 11.6 Å². The van der Waals surface area contributed by atoms with Crippen LogP contribution < -0.4 is 10.6 Å². The minimum Gasteiger partial charge on any atom is -0.378 e. The molecule has 0 amide bonds. The van der Waals surface area contributed by atoms with Crippen LogP contribution in [0.25, 0.3) is 21.6 Å². The number of hydrogen-bond donors (Lipinski definition) is 1. The van der Waals surface area contributed by atoms with E-state index in [-0.39, 0.29) is 5.95 Å². The molecule has 170 valence electrons. The zero-order valence-electron chi connectivity index (χ0n) is 18.7. The zero-order valence-corrected chi connectivity index (χ0v) is 19.5. The third kappa shape index (κ3) is 4.54. The van der Waals surface area contributed by atoms with Crippen LogP contribution >= 0.6 is 11.3 Å². The van der Waals surface area contributed by atoms with Gasteiger partial charge in [0, 0.05) is 42.9 Å². The fourth-order valence-corrected chi connectivity index (χ4v) is 5.60. The topological polar surface area (TPSA) is 96.5 Å². The van der Waals surface area contributed by atoms with Crippen LogP contribution in [0.2, 0.25) is 0 Å². The first-order chi connectivity index (χ1) is 15.6. The van der Waals surface area contributed by atoms with Crippen molar-refractivity contribution in [2.75, 3.05) is 64.1 Å². The number of piperidine rings is 1. The summed E-state index contributed by atoms with van der Waals surface area (Å²) in [6.07, 6.45) is 5.82. The van der Waals surface area contributed by atoms with Gasteiger partial charge in [0.1, 0.15) is 0 Å². The van der Waals surface area contributed by atoms with E-state index in [4.69, 9.17) is 20.4 Å². The predicted octanol–water partition coefficient (Wildman–Crippen LogP) is 2.09. The lowest BCUT2D eigenvalue weighted by molar-refractivity contribution is 0.122. The molecule has 32 heavy (non-hydrogen) atoms. The van der Waals surface area contributed by atoms with E-state index in [0.29, 0.717) is 25.1 Å². The van der Waals surface area contributed by atoms with Crippen molar-refractivity contribution in [1.82, 2.24) is 29.7 Å². The average Bonchev–Trinajstić information content (AvgIpc) is 3.22. The summed E-state index contributed by atoms with van der Waals surface area (Å²) >= 11 is 1.81. The first-order valence-corrected chi connectivity index (χ1v) is 12.0. The highest BCUT2D eigenvalue weighted by molar-refractivity contribution is 7.19. The third-order valence-corrected chi connectivity index (χ3v) is 7.47. The summed E-state index contributed by atoms with van der Waals surface area (Å²) in [6, 6.07) is 2.85. The Bertz CT molecular complexity index is 1060. The number of anilines is 2. The van der Waals surface area contributed by atoms with Crippen LogP contribution in [0.3, 0.4) is 0 Å². The minimum absolute atomic E-state index is 0.248. The first-order valence-electron chi connectivity index (χ1n) is 11.2. The smallest absolute Gasteiger partial charge is 0.219 e. The molecule has 0 saturated carbocycles. The molecular weight excluding hydrogens is 424 g/mol. The van der Waals surface area contributed by atoms with Gasteiger partial charge in [0.2, 0.25) is 5.95 Å². The molecule has 10 heteroatoms. The molecule has 3 aromatic rings. The molecule has 0 spiro atoms. The Morgan fingerprint density at radius 1 is 1.12 bits per heavy atom. The maximum Gasteiger partial charge on any atom is 0.219 e. The number of nitrogens with zero attached hydrogens (tertiary/aromatic N) is 7. The summed E-state index contributed by atoms with van der Waals surface area (Å²) in [6.45, 7) is 6.34. The van der Waals surface area contributed by atoms with Gasteiger partial charge in [-0.15, -0.1) is 11.3 Å². The molecule has 0 unspecified atom stereocenters. The fraction of sp³-hybridized carbons (Fsp3) is 0.545. The van der Waals surface area contributed by atoms with Crippen molar-refractivity contribution in [3.05, 3.63) is 23.3 Å². The van der Waals surface area contributed by atoms with Crippen LogP contribution in [0.5, 0.6) is 0 Å². The summed E-state index contributed by atoms with van der Waals surface area (Å²) in [5, 5.41) is 0. The van der Waals surface area contributed by atoms with Gasteiger partial charge < -0.3 is 20.3 Å². The van der Waals surface area contributed by atoms with Gasteiger partial charge in [-0.3, -0.25) is 4.90 Å². The monoisotopic (exact) mass is 454 g/mol. The van der Waals surface area contributed by atoms with Crippen LogP contribution in [0, 0.1) is 0 Å². The number of fused-ring (bicyclic) bond motifs is 1. The maximum atomic E-state index is 5.67. The Morgan fingerprint density at radius 3 is 2.56 bits per heavy atom. The molecular formula is C22H30N8OS. The number of ether oxygens (including phenoxy) is 1. The highest BCUT2D eigenvalue weighted by Crippen LogP contribution is 2.35. The minimum atomic E-state index is 0.248. The predicted molar refractivity (Wildman–Crippen MR) is 128 cm³/mol. The molecule has 0 aromatic carbocycles. The van der Waals surface area contributed by atoms with Crippen LogP contribution in [0.4, 0.5) is 11.8 Å². The fourth-order valence-electron chi connectivity index (χ4n) is 4.42. The van der Waals surface area contributed by atoms with Gasteiger partial charge in [-0.05, 0) is 46.1 Å². The summed E-state index contributed by atoms with van der Waals surface area (Å²) < 4.78 is 6.71. The normalized spacial score (nSPS) is 18.7. The quantitative estimate of drug-likeness (QED) is 0.621. The van der Waals surface area contributed by atoms with E-state index < -0.39 is 0 Å². The van der Waals surface area contributed by atoms with E-state index in [2.05, 4.69) is 44.8 Å². The molecule has 2 saturated heterocycles. The van der Waals surface area contributed by atoms with Gasteiger partial charge in [-0.25, -0.2) is 19.9 Å². The number of morpholine rings is 1. The molecule has 3 aromatic heterocycles. The Hall–Kier alpha value is -2.40. The van der Waals surface area contributed by atoms with E-state index >= 15 is 0 Å². The van der Waals surface area contributed by atoms with Gasteiger partial charge in [-0.2, -0.15) is 0 Å². The molecule has 0 radical (unpaired) electrons. The van der Waals surface area contributed by atoms with Crippen molar-refractivity contribution in [3.8, 4) is 11.4 Å². The van der Waals surface area contributed by atoms with Crippen LogP contribution in [-0.4, -0.2) is 89.3 Å². The molecule has 0 atom stereocenters. The molecule has 0 bridgehead atoms. The summed E-state index contributed by atoms with van der Waals surface area (Å²) in [7, 11) is 4.45. The molecule has 2 fully saturated rings. The van der Waals surface area contributed by atoms with Gasteiger partial charge >= 0.3 is 0 Å². The van der Waals surface area contributed by atoms with Gasteiger partial charge in [-0.1, -0.05) is 0 Å². The van der Waals surface area contributed by atoms with Crippen molar-refractivity contribution in [2.45, 2.75) is 25.4 Å². The number of nitrogens with two attached hydrogens (primary N) is 1. The summed E-state index contributed by atoms with van der Waals surface area (Å²) in [5.41, 5.74) is 7.42. The van der Waals surface area contributed by atoms with Crippen LogP contribution in [0.1, 0.15) is 17.7 Å². The Balaban J connectivity index is 1.47. The molecule has 2 N–H and O–H groups in total. The Kier molecular flexibility index (Phi) is 6.18. The van der Waals surface area contributed by atoms with E-state index in [1.807, 2.05) is 0 Å². The number of thiophene rings is 1. The van der Waals surface area contributed by atoms with Crippen molar-refractivity contribution >= 4 is 33.3 Å².